The van der Waals surface area contributed by atoms with Gasteiger partial charge in [0.25, 0.3) is 5.91 Å². The Morgan fingerprint density at radius 3 is 2.62 bits per heavy atom. The van der Waals surface area contributed by atoms with Crippen LogP contribution in [0.5, 0.6) is 0 Å². The summed E-state index contributed by atoms with van der Waals surface area (Å²) < 4.78 is 22.6. The highest BCUT2D eigenvalue weighted by atomic mass is 32.2. The molecule has 1 aromatic carbocycles. The number of carbonyl (C=O) groups excluding carboxylic acids is 1. The maximum atomic E-state index is 12.1. The summed E-state index contributed by atoms with van der Waals surface area (Å²) in [5, 5.41) is 2.68. The van der Waals surface area contributed by atoms with Crippen LogP contribution in [0.1, 0.15) is 21.5 Å². The van der Waals surface area contributed by atoms with Gasteiger partial charge >= 0.3 is 0 Å². The summed E-state index contributed by atoms with van der Waals surface area (Å²) in [7, 11) is -3.13. The number of benzene rings is 1. The van der Waals surface area contributed by atoms with Crippen molar-refractivity contribution < 1.29 is 13.2 Å². The molecule has 0 unspecified atom stereocenters. The second kappa shape index (κ2) is 6.05. The summed E-state index contributed by atoms with van der Waals surface area (Å²) in [5.41, 5.74) is 1.99. The number of sulfone groups is 1. The molecule has 0 radical (unpaired) electrons. The maximum absolute atomic E-state index is 12.1. The molecule has 0 aliphatic carbocycles. The Labute approximate surface area is 124 Å². The molecule has 0 aliphatic heterocycles. The number of nitrogens with zero attached hydrogens (tertiary/aromatic N) is 1. The average molecular weight is 304 g/mol. The molecule has 1 N–H and O–H groups in total. The molecule has 0 saturated carbocycles. The van der Waals surface area contributed by atoms with Crippen LogP contribution in [0.25, 0.3) is 0 Å². The molecule has 1 heterocycles. The molecule has 5 nitrogen and oxygen atoms in total. The SMILES string of the molecule is Cc1ccc(NC(=O)c2cccc(CS(C)(=O)=O)c2)nc1. The summed E-state index contributed by atoms with van der Waals surface area (Å²) in [6, 6.07) is 10.1. The van der Waals surface area contributed by atoms with E-state index in [9.17, 15) is 13.2 Å². The number of hydrogen-bond acceptors (Lipinski definition) is 4. The van der Waals surface area contributed by atoms with E-state index in [1.807, 2.05) is 13.0 Å². The second-order valence-corrected chi connectivity index (χ2v) is 7.09. The zero-order chi connectivity index (χ0) is 15.5. The standard InChI is InChI=1S/C15H16N2O3S/c1-11-6-7-14(16-9-11)17-15(18)13-5-3-4-12(8-13)10-21(2,19)20/h3-9H,10H2,1-2H3,(H,16,17,18). The normalized spacial score (nSPS) is 11.1. The summed E-state index contributed by atoms with van der Waals surface area (Å²) in [6.45, 7) is 1.91. The summed E-state index contributed by atoms with van der Waals surface area (Å²) in [6.07, 6.45) is 2.83. The maximum Gasteiger partial charge on any atom is 0.256 e. The van der Waals surface area contributed by atoms with Gasteiger partial charge in [-0.25, -0.2) is 13.4 Å². The van der Waals surface area contributed by atoms with Crippen LogP contribution in [0.2, 0.25) is 0 Å². The van der Waals surface area contributed by atoms with Gasteiger partial charge in [0, 0.05) is 18.0 Å². The first-order valence-corrected chi connectivity index (χ1v) is 8.40. The van der Waals surface area contributed by atoms with E-state index in [1.54, 1.807) is 36.5 Å². The number of aromatic nitrogens is 1. The number of hydrogen-bond donors (Lipinski definition) is 1. The lowest BCUT2D eigenvalue weighted by Gasteiger charge is -2.06. The summed E-state index contributed by atoms with van der Waals surface area (Å²) >= 11 is 0. The quantitative estimate of drug-likeness (QED) is 0.939. The molecule has 0 spiro atoms. The molecule has 0 bridgehead atoms. The molecule has 110 valence electrons. The van der Waals surface area contributed by atoms with Gasteiger partial charge in [0.05, 0.1) is 5.75 Å². The van der Waals surface area contributed by atoms with Crippen LogP contribution in [0, 0.1) is 6.92 Å². The highest BCUT2D eigenvalue weighted by Crippen LogP contribution is 2.11. The van der Waals surface area contributed by atoms with Crippen molar-refractivity contribution in [1.29, 1.82) is 0 Å². The smallest absolute Gasteiger partial charge is 0.256 e. The first-order chi connectivity index (χ1) is 9.83. The molecule has 0 aliphatic rings. The van der Waals surface area contributed by atoms with Crippen molar-refractivity contribution in [2.45, 2.75) is 12.7 Å². The number of carbonyl (C=O) groups is 1. The molecule has 1 amide bonds. The lowest BCUT2D eigenvalue weighted by molar-refractivity contribution is 0.102. The largest absolute Gasteiger partial charge is 0.307 e. The number of anilines is 1. The van der Waals surface area contributed by atoms with Crippen LogP contribution in [-0.4, -0.2) is 25.6 Å². The van der Waals surface area contributed by atoms with Crippen molar-refractivity contribution in [3.63, 3.8) is 0 Å². The zero-order valence-electron chi connectivity index (χ0n) is 11.8. The Morgan fingerprint density at radius 1 is 1.24 bits per heavy atom. The number of aryl methyl sites for hydroxylation is 1. The van der Waals surface area contributed by atoms with Crippen molar-refractivity contribution in [1.82, 2.24) is 4.98 Å². The highest BCUT2D eigenvalue weighted by Gasteiger charge is 2.10. The van der Waals surface area contributed by atoms with Crippen LogP contribution in [-0.2, 0) is 15.6 Å². The molecule has 2 rings (SSSR count). The number of rotatable bonds is 4. The van der Waals surface area contributed by atoms with Gasteiger partial charge in [-0.3, -0.25) is 4.79 Å². The fourth-order valence-corrected chi connectivity index (χ4v) is 2.62. The topological polar surface area (TPSA) is 76.1 Å². The van der Waals surface area contributed by atoms with Gasteiger partial charge < -0.3 is 5.32 Å². The second-order valence-electron chi connectivity index (χ2n) is 4.95. The van der Waals surface area contributed by atoms with Gasteiger partial charge in [-0.1, -0.05) is 18.2 Å². The molecule has 1 aromatic heterocycles. The van der Waals surface area contributed by atoms with Crippen LogP contribution in [0.3, 0.4) is 0 Å². The lowest BCUT2D eigenvalue weighted by Crippen LogP contribution is -2.13. The third-order valence-corrected chi connectivity index (χ3v) is 3.63. The van der Waals surface area contributed by atoms with Crippen molar-refractivity contribution in [2.75, 3.05) is 11.6 Å². The van der Waals surface area contributed by atoms with Crippen molar-refractivity contribution in [3.05, 3.63) is 59.3 Å². The molecule has 6 heteroatoms. The van der Waals surface area contributed by atoms with E-state index in [2.05, 4.69) is 10.3 Å². The molecule has 21 heavy (non-hydrogen) atoms. The number of nitrogens with one attached hydrogen (secondary N) is 1. The third kappa shape index (κ3) is 4.68. The van der Waals surface area contributed by atoms with E-state index in [-0.39, 0.29) is 11.7 Å². The van der Waals surface area contributed by atoms with E-state index >= 15 is 0 Å². The van der Waals surface area contributed by atoms with Gasteiger partial charge in [-0.2, -0.15) is 0 Å². The molecular weight excluding hydrogens is 288 g/mol. The zero-order valence-corrected chi connectivity index (χ0v) is 12.6. The Hall–Kier alpha value is -2.21. The van der Waals surface area contributed by atoms with Gasteiger partial charge in [0.15, 0.2) is 9.84 Å². The fourth-order valence-electron chi connectivity index (χ4n) is 1.84. The highest BCUT2D eigenvalue weighted by molar-refractivity contribution is 7.89. The minimum atomic E-state index is -3.13. The van der Waals surface area contributed by atoms with E-state index in [0.29, 0.717) is 16.9 Å². The first kappa shape index (κ1) is 15.2. The third-order valence-electron chi connectivity index (χ3n) is 2.77. The van der Waals surface area contributed by atoms with Gasteiger partial charge in [-0.15, -0.1) is 0 Å². The van der Waals surface area contributed by atoms with Crippen molar-refractivity contribution in [2.24, 2.45) is 0 Å². The minimum Gasteiger partial charge on any atom is -0.307 e. The Morgan fingerprint density at radius 2 is 2.00 bits per heavy atom. The molecule has 0 saturated heterocycles. The Bertz CT molecular complexity index is 753. The Balaban J connectivity index is 2.16. The molecule has 2 aromatic rings. The average Bonchev–Trinajstić information content (AvgIpc) is 2.40. The van der Waals surface area contributed by atoms with Gasteiger partial charge in [0.1, 0.15) is 5.82 Å². The van der Waals surface area contributed by atoms with Crippen LogP contribution in [0.4, 0.5) is 5.82 Å². The van der Waals surface area contributed by atoms with Crippen LogP contribution in [0.15, 0.2) is 42.6 Å². The van der Waals surface area contributed by atoms with Gasteiger partial charge in [0.2, 0.25) is 0 Å². The van der Waals surface area contributed by atoms with E-state index < -0.39 is 9.84 Å². The predicted octanol–water partition coefficient (Wildman–Crippen LogP) is 2.19. The summed E-state index contributed by atoms with van der Waals surface area (Å²) in [4.78, 5) is 16.2. The first-order valence-electron chi connectivity index (χ1n) is 6.34. The van der Waals surface area contributed by atoms with Gasteiger partial charge in [-0.05, 0) is 36.2 Å². The lowest BCUT2D eigenvalue weighted by atomic mass is 10.1. The van der Waals surface area contributed by atoms with Crippen LogP contribution >= 0.6 is 0 Å². The number of pyridine rings is 1. The van der Waals surface area contributed by atoms with E-state index in [0.717, 1.165) is 11.8 Å². The fraction of sp³-hybridized carbons (Fsp3) is 0.200. The monoisotopic (exact) mass is 304 g/mol. The molecule has 0 fully saturated rings. The van der Waals surface area contributed by atoms with Crippen LogP contribution < -0.4 is 5.32 Å². The predicted molar refractivity (Wildman–Crippen MR) is 81.9 cm³/mol. The van der Waals surface area contributed by atoms with Crippen molar-refractivity contribution >= 4 is 21.6 Å². The van der Waals surface area contributed by atoms with E-state index in [4.69, 9.17) is 0 Å². The molecule has 0 atom stereocenters. The number of amides is 1. The summed E-state index contributed by atoms with van der Waals surface area (Å²) in [5.74, 6) is 0.0532. The minimum absolute atomic E-state index is 0.0864. The molecular formula is C15H16N2O3S. The Kier molecular flexibility index (Phi) is 4.37. The van der Waals surface area contributed by atoms with Crippen molar-refractivity contribution in [3.8, 4) is 0 Å². The van der Waals surface area contributed by atoms with E-state index in [1.165, 1.54) is 0 Å².